The lowest BCUT2D eigenvalue weighted by Gasteiger charge is -2.12. The molecule has 0 bridgehead atoms. The van der Waals surface area contributed by atoms with Gasteiger partial charge in [0.1, 0.15) is 0 Å². The number of pyridine rings is 1. The van der Waals surface area contributed by atoms with E-state index in [2.05, 4.69) is 24.1 Å². The van der Waals surface area contributed by atoms with Gasteiger partial charge < -0.3 is 5.32 Å². The molecule has 1 rings (SSSR count). The van der Waals surface area contributed by atoms with Gasteiger partial charge in [0.2, 0.25) is 0 Å². The maximum absolute atomic E-state index is 11.2. The van der Waals surface area contributed by atoms with Gasteiger partial charge in [-0.05, 0) is 24.5 Å². The molecule has 0 aliphatic heterocycles. The number of nitrogens with one attached hydrogen (secondary N) is 1. The first kappa shape index (κ1) is 14.0. The molecule has 0 saturated carbocycles. The Morgan fingerprint density at radius 1 is 1.41 bits per heavy atom. The van der Waals surface area contributed by atoms with Gasteiger partial charge in [0, 0.05) is 12.8 Å². The van der Waals surface area contributed by atoms with E-state index in [4.69, 9.17) is 0 Å². The number of aromatic nitrogens is 1. The summed E-state index contributed by atoms with van der Waals surface area (Å²) in [5.41, 5.74) is 0.861. The molecule has 1 N–H and O–H groups in total. The summed E-state index contributed by atoms with van der Waals surface area (Å²) in [6.45, 7) is 5.24. The molecule has 1 atom stereocenters. The van der Waals surface area contributed by atoms with Crippen LogP contribution in [0.5, 0.6) is 0 Å². The number of sulfone groups is 1. The Labute approximate surface area is 103 Å². The molecule has 0 aliphatic rings. The number of rotatable bonds is 6. The van der Waals surface area contributed by atoms with Crippen LogP contribution < -0.4 is 5.32 Å². The number of hydrogen-bond acceptors (Lipinski definition) is 4. The number of hydrogen-bond donors (Lipinski definition) is 1. The van der Waals surface area contributed by atoms with Crippen molar-refractivity contribution in [2.45, 2.75) is 31.7 Å². The first-order valence-electron chi connectivity index (χ1n) is 5.83. The molecule has 0 saturated heterocycles. The quantitative estimate of drug-likeness (QED) is 0.848. The largest absolute Gasteiger partial charge is 0.384 e. The third-order valence-electron chi connectivity index (χ3n) is 2.55. The minimum Gasteiger partial charge on any atom is -0.384 e. The van der Waals surface area contributed by atoms with Crippen LogP contribution in [0.2, 0.25) is 0 Å². The molecule has 0 aliphatic carbocycles. The lowest BCUT2D eigenvalue weighted by molar-refractivity contribution is 0.550. The van der Waals surface area contributed by atoms with Gasteiger partial charge in [-0.2, -0.15) is 0 Å². The van der Waals surface area contributed by atoms with Crippen molar-refractivity contribution in [3.8, 4) is 0 Å². The Morgan fingerprint density at radius 3 is 2.59 bits per heavy atom. The van der Waals surface area contributed by atoms with Crippen LogP contribution in [0.4, 0.5) is 5.69 Å². The second-order valence-electron chi connectivity index (χ2n) is 4.43. The summed E-state index contributed by atoms with van der Waals surface area (Å²) >= 11 is 0. The lowest BCUT2D eigenvalue weighted by atomic mass is 10.1. The van der Waals surface area contributed by atoms with E-state index in [1.54, 1.807) is 12.3 Å². The second-order valence-corrected chi connectivity index (χ2v) is 6.39. The van der Waals surface area contributed by atoms with E-state index in [0.717, 1.165) is 18.5 Å². The van der Waals surface area contributed by atoms with Crippen LogP contribution in [0.25, 0.3) is 0 Å². The van der Waals surface area contributed by atoms with Crippen LogP contribution in [-0.2, 0) is 9.84 Å². The molecule has 1 aromatic rings. The average Bonchev–Trinajstić information content (AvgIpc) is 2.26. The highest BCUT2D eigenvalue weighted by molar-refractivity contribution is 7.90. The smallest absolute Gasteiger partial charge is 0.192 e. The molecule has 0 fully saturated rings. The minimum absolute atomic E-state index is 0.115. The summed E-state index contributed by atoms with van der Waals surface area (Å²) in [5.74, 6) is 0.606. The third-order valence-corrected chi connectivity index (χ3v) is 3.55. The number of anilines is 1. The van der Waals surface area contributed by atoms with Crippen LogP contribution in [0.1, 0.15) is 26.7 Å². The topological polar surface area (TPSA) is 59.1 Å². The molecule has 1 unspecified atom stereocenters. The van der Waals surface area contributed by atoms with Crippen molar-refractivity contribution in [3.63, 3.8) is 0 Å². The van der Waals surface area contributed by atoms with Crippen LogP contribution in [0.15, 0.2) is 23.4 Å². The van der Waals surface area contributed by atoms with Crippen molar-refractivity contribution in [1.82, 2.24) is 4.98 Å². The van der Waals surface area contributed by atoms with E-state index >= 15 is 0 Å². The molecular formula is C12H20N2O2S. The standard InChI is InChI=1S/C12H20N2O2S/c1-4-5-10(2)8-13-11-6-7-12(14-9-11)17(3,15)16/h6-7,9-10,13H,4-5,8H2,1-3H3. The van der Waals surface area contributed by atoms with E-state index in [1.807, 2.05) is 0 Å². The summed E-state index contributed by atoms with van der Waals surface area (Å²) in [6, 6.07) is 3.28. The van der Waals surface area contributed by atoms with Gasteiger partial charge in [0.15, 0.2) is 14.9 Å². The number of nitrogens with zero attached hydrogens (tertiary/aromatic N) is 1. The van der Waals surface area contributed by atoms with E-state index < -0.39 is 9.84 Å². The summed E-state index contributed by atoms with van der Waals surface area (Å²) in [7, 11) is -3.20. The molecule has 17 heavy (non-hydrogen) atoms. The summed E-state index contributed by atoms with van der Waals surface area (Å²) in [5, 5.41) is 3.37. The third kappa shape index (κ3) is 4.73. The van der Waals surface area contributed by atoms with Crippen molar-refractivity contribution in [1.29, 1.82) is 0 Å². The van der Waals surface area contributed by atoms with Gasteiger partial charge in [-0.15, -0.1) is 0 Å². The van der Waals surface area contributed by atoms with Crippen LogP contribution in [0.3, 0.4) is 0 Å². The Bertz CT molecular complexity index is 440. The fourth-order valence-corrected chi connectivity index (χ4v) is 2.15. The van der Waals surface area contributed by atoms with Crippen LogP contribution in [0, 0.1) is 5.92 Å². The summed E-state index contributed by atoms with van der Waals surface area (Å²) in [6.07, 6.45) is 5.08. The zero-order valence-electron chi connectivity index (χ0n) is 10.6. The van der Waals surface area contributed by atoms with E-state index in [9.17, 15) is 8.42 Å². The van der Waals surface area contributed by atoms with Gasteiger partial charge >= 0.3 is 0 Å². The molecular weight excluding hydrogens is 236 g/mol. The predicted molar refractivity (Wildman–Crippen MR) is 69.9 cm³/mol. The first-order chi connectivity index (χ1) is 7.93. The van der Waals surface area contributed by atoms with E-state index in [1.165, 1.54) is 18.9 Å². The van der Waals surface area contributed by atoms with Crippen molar-refractivity contribution in [2.24, 2.45) is 5.92 Å². The van der Waals surface area contributed by atoms with Crippen molar-refractivity contribution < 1.29 is 8.42 Å². The summed E-state index contributed by atoms with van der Waals surface area (Å²) in [4.78, 5) is 3.92. The maximum Gasteiger partial charge on any atom is 0.192 e. The minimum atomic E-state index is -3.20. The van der Waals surface area contributed by atoms with Gasteiger partial charge in [0.25, 0.3) is 0 Å². The molecule has 96 valence electrons. The normalized spacial score (nSPS) is 13.4. The molecule has 0 spiro atoms. The Hall–Kier alpha value is -1.10. The highest BCUT2D eigenvalue weighted by Gasteiger charge is 2.08. The Morgan fingerprint density at radius 2 is 2.12 bits per heavy atom. The lowest BCUT2D eigenvalue weighted by Crippen LogP contribution is -2.11. The van der Waals surface area contributed by atoms with E-state index in [0.29, 0.717) is 5.92 Å². The average molecular weight is 256 g/mol. The van der Waals surface area contributed by atoms with E-state index in [-0.39, 0.29) is 5.03 Å². The predicted octanol–water partition coefficient (Wildman–Crippen LogP) is 2.33. The fraction of sp³-hybridized carbons (Fsp3) is 0.583. The van der Waals surface area contributed by atoms with Gasteiger partial charge in [-0.1, -0.05) is 20.3 Å². The first-order valence-corrected chi connectivity index (χ1v) is 7.72. The van der Waals surface area contributed by atoms with Crippen molar-refractivity contribution in [3.05, 3.63) is 18.3 Å². The van der Waals surface area contributed by atoms with Crippen LogP contribution >= 0.6 is 0 Å². The molecule has 1 aromatic heterocycles. The van der Waals surface area contributed by atoms with Gasteiger partial charge in [-0.25, -0.2) is 13.4 Å². The highest BCUT2D eigenvalue weighted by Crippen LogP contribution is 2.12. The molecule has 1 heterocycles. The Kier molecular flexibility index (Phi) is 4.93. The molecule has 0 radical (unpaired) electrons. The molecule has 0 amide bonds. The maximum atomic E-state index is 11.2. The van der Waals surface area contributed by atoms with Crippen LogP contribution in [-0.4, -0.2) is 26.2 Å². The highest BCUT2D eigenvalue weighted by atomic mass is 32.2. The van der Waals surface area contributed by atoms with Crippen molar-refractivity contribution >= 4 is 15.5 Å². The summed E-state index contributed by atoms with van der Waals surface area (Å²) < 4.78 is 22.4. The monoisotopic (exact) mass is 256 g/mol. The SMILES string of the molecule is CCCC(C)CNc1ccc(S(C)(=O)=O)nc1. The molecule has 0 aromatic carbocycles. The van der Waals surface area contributed by atoms with Gasteiger partial charge in [-0.3, -0.25) is 0 Å². The molecule has 4 nitrogen and oxygen atoms in total. The fourth-order valence-electron chi connectivity index (χ4n) is 1.59. The Balaban J connectivity index is 2.57. The zero-order chi connectivity index (χ0) is 12.9. The second kappa shape index (κ2) is 6.00. The van der Waals surface area contributed by atoms with Crippen molar-refractivity contribution in [2.75, 3.05) is 18.1 Å². The molecule has 5 heteroatoms. The van der Waals surface area contributed by atoms with Gasteiger partial charge in [0.05, 0.1) is 11.9 Å². The zero-order valence-corrected chi connectivity index (χ0v) is 11.4.